The molecule has 0 radical (unpaired) electrons. The minimum atomic E-state index is -0.557. The summed E-state index contributed by atoms with van der Waals surface area (Å²) >= 11 is 0. The Morgan fingerprint density at radius 1 is 0.909 bits per heavy atom. The van der Waals surface area contributed by atoms with Gasteiger partial charge in [0, 0.05) is 41.6 Å². The van der Waals surface area contributed by atoms with Crippen LogP contribution in [0, 0.1) is 0 Å². The van der Waals surface area contributed by atoms with Gasteiger partial charge in [-0.3, -0.25) is 0 Å². The molecule has 33 heavy (non-hydrogen) atoms. The van der Waals surface area contributed by atoms with Crippen LogP contribution in [0.15, 0.2) is 79.0 Å². The molecule has 5 rings (SSSR count). The van der Waals surface area contributed by atoms with E-state index in [1.54, 1.807) is 0 Å². The van der Waals surface area contributed by atoms with Gasteiger partial charge in [-0.1, -0.05) is 42.5 Å². The van der Waals surface area contributed by atoms with Gasteiger partial charge in [0.2, 0.25) is 0 Å². The zero-order chi connectivity index (χ0) is 22.5. The summed E-state index contributed by atoms with van der Waals surface area (Å²) in [5.41, 5.74) is 6.49. The Morgan fingerprint density at radius 3 is 2.39 bits per heavy atom. The number of H-pyrrole nitrogens is 1. The van der Waals surface area contributed by atoms with E-state index in [0.717, 1.165) is 49.0 Å². The lowest BCUT2D eigenvalue weighted by molar-refractivity contribution is 0.107. The van der Waals surface area contributed by atoms with Gasteiger partial charge in [-0.05, 0) is 67.3 Å². The van der Waals surface area contributed by atoms with Crippen LogP contribution in [-0.4, -0.2) is 42.4 Å². The number of fused-ring (bicyclic) bond motifs is 3. The second-order valence-electron chi connectivity index (χ2n) is 8.63. The Hall–Kier alpha value is -3.28. The predicted molar refractivity (Wildman–Crippen MR) is 135 cm³/mol. The minimum Gasteiger partial charge on any atom is -0.490 e. The summed E-state index contributed by atoms with van der Waals surface area (Å²) in [7, 11) is 0. The molecule has 0 saturated carbocycles. The molecule has 3 N–H and O–H groups in total. The second kappa shape index (κ2) is 10.1. The fraction of sp³-hybridized carbons (Fsp3) is 0.286. The maximum atomic E-state index is 10.4. The Labute approximate surface area is 195 Å². The third kappa shape index (κ3) is 4.90. The fourth-order valence-corrected chi connectivity index (χ4v) is 4.67. The van der Waals surface area contributed by atoms with Crippen LogP contribution >= 0.6 is 0 Å². The van der Waals surface area contributed by atoms with E-state index in [-0.39, 0.29) is 6.61 Å². The average Bonchev–Trinajstić information content (AvgIpc) is 3.28. The number of anilines is 2. The molecule has 5 nitrogen and oxygen atoms in total. The molecule has 2 heterocycles. The molecule has 4 aromatic rings. The summed E-state index contributed by atoms with van der Waals surface area (Å²) in [5, 5.41) is 14.8. The molecule has 0 unspecified atom stereocenters. The zero-order valence-corrected chi connectivity index (χ0v) is 18.8. The van der Waals surface area contributed by atoms with Crippen LogP contribution in [0.25, 0.3) is 10.9 Å². The minimum absolute atomic E-state index is 0.268. The van der Waals surface area contributed by atoms with Crippen molar-refractivity contribution in [1.82, 2.24) is 10.3 Å². The third-order valence-corrected chi connectivity index (χ3v) is 6.33. The van der Waals surface area contributed by atoms with Crippen molar-refractivity contribution >= 4 is 22.3 Å². The second-order valence-corrected chi connectivity index (χ2v) is 8.63. The normalized spacial score (nSPS) is 13.9. The average molecular weight is 442 g/mol. The lowest BCUT2D eigenvalue weighted by Crippen LogP contribution is -2.33. The highest BCUT2D eigenvalue weighted by molar-refractivity contribution is 5.85. The number of para-hydroxylation sites is 2. The molecule has 1 aliphatic rings. The molecule has 5 heteroatoms. The number of nitrogens with zero attached hydrogens (tertiary/aromatic N) is 1. The standard InChI is InChI=1S/C28H31N3O2/c32-23(20-33-28-12-5-9-25-24(28)15-17-30-25)19-29-16-6-18-31-26-10-3-1-7-21(26)13-14-22-8-2-4-11-27(22)31/h1-5,7-12,15,17,23,29-30,32H,6,13-14,16,18-20H2/t23-/m0/s1. The number of rotatable bonds is 9. The number of hydrogen-bond acceptors (Lipinski definition) is 4. The van der Waals surface area contributed by atoms with Crippen molar-refractivity contribution < 1.29 is 9.84 Å². The highest BCUT2D eigenvalue weighted by Crippen LogP contribution is 2.35. The number of benzene rings is 3. The first-order valence-corrected chi connectivity index (χ1v) is 11.8. The van der Waals surface area contributed by atoms with Crippen molar-refractivity contribution in [3.8, 4) is 5.75 Å². The molecule has 0 aliphatic carbocycles. The molecule has 0 bridgehead atoms. The van der Waals surface area contributed by atoms with Gasteiger partial charge in [0.1, 0.15) is 18.5 Å². The van der Waals surface area contributed by atoms with Crippen molar-refractivity contribution in [1.29, 1.82) is 0 Å². The highest BCUT2D eigenvalue weighted by atomic mass is 16.5. The van der Waals surface area contributed by atoms with E-state index >= 15 is 0 Å². The van der Waals surface area contributed by atoms with Crippen LogP contribution < -0.4 is 15.0 Å². The smallest absolute Gasteiger partial charge is 0.128 e. The van der Waals surface area contributed by atoms with Crippen molar-refractivity contribution in [3.05, 3.63) is 90.1 Å². The maximum Gasteiger partial charge on any atom is 0.128 e. The third-order valence-electron chi connectivity index (χ3n) is 6.33. The summed E-state index contributed by atoms with van der Waals surface area (Å²) in [5.74, 6) is 0.797. The van der Waals surface area contributed by atoms with E-state index in [9.17, 15) is 5.11 Å². The van der Waals surface area contributed by atoms with E-state index in [0.29, 0.717) is 6.54 Å². The van der Waals surface area contributed by atoms with Crippen LogP contribution in [0.5, 0.6) is 5.75 Å². The number of hydrogen-bond donors (Lipinski definition) is 3. The van der Waals surface area contributed by atoms with Gasteiger partial charge in [0.15, 0.2) is 0 Å². The van der Waals surface area contributed by atoms with E-state index in [1.165, 1.54) is 22.5 Å². The summed E-state index contributed by atoms with van der Waals surface area (Å²) in [6.45, 7) is 2.55. The molecule has 170 valence electrons. The van der Waals surface area contributed by atoms with Gasteiger partial charge in [-0.25, -0.2) is 0 Å². The number of ether oxygens (including phenoxy) is 1. The first-order valence-electron chi connectivity index (χ1n) is 11.8. The molecule has 3 aromatic carbocycles. The number of nitrogens with one attached hydrogen (secondary N) is 2. The number of aromatic amines is 1. The molecule has 1 atom stereocenters. The lowest BCUT2D eigenvalue weighted by Gasteiger charge is -2.27. The number of aliphatic hydroxyl groups is 1. The van der Waals surface area contributed by atoms with Gasteiger partial charge >= 0.3 is 0 Å². The molecule has 0 spiro atoms. The summed E-state index contributed by atoms with van der Waals surface area (Å²) in [6, 6.07) is 25.4. The predicted octanol–water partition coefficient (Wildman–Crippen LogP) is 4.82. The van der Waals surface area contributed by atoms with Gasteiger partial charge in [-0.15, -0.1) is 0 Å². The molecule has 1 aliphatic heterocycles. The van der Waals surface area contributed by atoms with Crippen LogP contribution in [-0.2, 0) is 12.8 Å². The van der Waals surface area contributed by atoms with E-state index in [4.69, 9.17) is 4.74 Å². The van der Waals surface area contributed by atoms with E-state index < -0.39 is 6.10 Å². The number of aryl methyl sites for hydroxylation is 2. The molecule has 0 amide bonds. The quantitative estimate of drug-likeness (QED) is 0.326. The van der Waals surface area contributed by atoms with Gasteiger partial charge in [0.25, 0.3) is 0 Å². The van der Waals surface area contributed by atoms with Crippen molar-refractivity contribution in [2.45, 2.75) is 25.4 Å². The first kappa shape index (κ1) is 21.6. The van der Waals surface area contributed by atoms with Gasteiger partial charge in [0.05, 0.1) is 0 Å². The Bertz CT molecular complexity index is 1150. The van der Waals surface area contributed by atoms with E-state index in [1.807, 2.05) is 30.5 Å². The topological polar surface area (TPSA) is 60.5 Å². The maximum absolute atomic E-state index is 10.4. The Morgan fingerprint density at radius 2 is 1.64 bits per heavy atom. The molecule has 1 aromatic heterocycles. The summed E-state index contributed by atoms with van der Waals surface area (Å²) in [4.78, 5) is 5.64. The van der Waals surface area contributed by atoms with Crippen molar-refractivity contribution in [2.24, 2.45) is 0 Å². The number of aromatic nitrogens is 1. The fourth-order valence-electron chi connectivity index (χ4n) is 4.67. The van der Waals surface area contributed by atoms with Crippen molar-refractivity contribution in [2.75, 3.05) is 31.1 Å². The van der Waals surface area contributed by atoms with Crippen LogP contribution in [0.4, 0.5) is 11.4 Å². The number of aliphatic hydroxyl groups excluding tert-OH is 1. The summed E-state index contributed by atoms with van der Waals surface area (Å²) < 4.78 is 5.87. The van der Waals surface area contributed by atoms with Gasteiger partial charge < -0.3 is 25.0 Å². The highest BCUT2D eigenvalue weighted by Gasteiger charge is 2.19. The monoisotopic (exact) mass is 441 g/mol. The Kier molecular flexibility index (Phi) is 6.61. The summed E-state index contributed by atoms with van der Waals surface area (Å²) in [6.07, 6.45) is 4.48. The molecule has 0 saturated heterocycles. The van der Waals surface area contributed by atoms with E-state index in [2.05, 4.69) is 63.7 Å². The van der Waals surface area contributed by atoms with Crippen LogP contribution in [0.2, 0.25) is 0 Å². The van der Waals surface area contributed by atoms with Crippen LogP contribution in [0.3, 0.4) is 0 Å². The first-order chi connectivity index (χ1) is 16.3. The van der Waals surface area contributed by atoms with Crippen molar-refractivity contribution in [3.63, 3.8) is 0 Å². The zero-order valence-electron chi connectivity index (χ0n) is 18.8. The van der Waals surface area contributed by atoms with Gasteiger partial charge in [-0.2, -0.15) is 0 Å². The van der Waals surface area contributed by atoms with Crippen LogP contribution in [0.1, 0.15) is 17.5 Å². The molecular weight excluding hydrogens is 410 g/mol. The molecule has 0 fully saturated rings. The SMILES string of the molecule is O[C@@H](CNCCCN1c2ccccc2CCc2ccccc21)COc1cccc2[nH]ccc12. The molecular formula is C28H31N3O2. The lowest BCUT2D eigenvalue weighted by atomic mass is 10.0. The Balaban J connectivity index is 1.12. The largest absolute Gasteiger partial charge is 0.490 e.